The lowest BCUT2D eigenvalue weighted by molar-refractivity contribution is -0.115. The van der Waals surface area contributed by atoms with E-state index in [0.29, 0.717) is 23.5 Å². The van der Waals surface area contributed by atoms with Gasteiger partial charge in [0, 0.05) is 22.8 Å². The number of aromatic amines is 1. The number of rotatable bonds is 4. The second-order valence-corrected chi connectivity index (χ2v) is 5.04. The molecule has 22 heavy (non-hydrogen) atoms. The van der Waals surface area contributed by atoms with E-state index in [9.17, 15) is 4.79 Å². The van der Waals surface area contributed by atoms with Crippen LogP contribution in [0.2, 0.25) is 0 Å². The van der Waals surface area contributed by atoms with E-state index in [4.69, 9.17) is 10.5 Å². The quantitative estimate of drug-likeness (QED) is 0.647. The average Bonchev–Trinajstić information content (AvgIpc) is 2.91. The molecule has 0 saturated carbocycles. The molecule has 3 aromatic rings. The maximum absolute atomic E-state index is 12.2. The number of benzene rings is 2. The number of para-hydroxylation sites is 1. The molecular formula is C17H17N3O2. The van der Waals surface area contributed by atoms with E-state index in [1.54, 1.807) is 25.3 Å². The highest BCUT2D eigenvalue weighted by Gasteiger charge is 2.09. The summed E-state index contributed by atoms with van der Waals surface area (Å²) in [5, 5.41) is 3.91. The van der Waals surface area contributed by atoms with Crippen LogP contribution in [0.3, 0.4) is 0 Å². The summed E-state index contributed by atoms with van der Waals surface area (Å²) in [7, 11) is 1.56. The van der Waals surface area contributed by atoms with Gasteiger partial charge in [0.1, 0.15) is 5.75 Å². The molecule has 5 nitrogen and oxygen atoms in total. The van der Waals surface area contributed by atoms with E-state index >= 15 is 0 Å². The number of aromatic nitrogens is 1. The zero-order chi connectivity index (χ0) is 15.5. The molecule has 112 valence electrons. The number of anilines is 2. The Balaban J connectivity index is 1.74. The molecule has 0 atom stereocenters. The highest BCUT2D eigenvalue weighted by atomic mass is 16.5. The molecular weight excluding hydrogens is 278 g/mol. The molecule has 0 aliphatic rings. The lowest BCUT2D eigenvalue weighted by Gasteiger charge is -2.08. The zero-order valence-corrected chi connectivity index (χ0v) is 12.2. The minimum Gasteiger partial charge on any atom is -0.495 e. The number of nitrogens with one attached hydrogen (secondary N) is 2. The normalized spacial score (nSPS) is 10.6. The van der Waals surface area contributed by atoms with Gasteiger partial charge in [-0.15, -0.1) is 0 Å². The van der Waals surface area contributed by atoms with E-state index in [-0.39, 0.29) is 5.91 Å². The smallest absolute Gasteiger partial charge is 0.228 e. The van der Waals surface area contributed by atoms with Gasteiger partial charge >= 0.3 is 0 Å². The third-order valence-electron chi connectivity index (χ3n) is 3.54. The van der Waals surface area contributed by atoms with Crippen LogP contribution in [0.5, 0.6) is 5.75 Å². The average molecular weight is 295 g/mol. The summed E-state index contributed by atoms with van der Waals surface area (Å²) >= 11 is 0. The number of carbonyl (C=O) groups excluding carboxylic acids is 1. The molecule has 1 aromatic heterocycles. The van der Waals surface area contributed by atoms with E-state index in [1.807, 2.05) is 30.5 Å². The number of hydrogen-bond acceptors (Lipinski definition) is 3. The van der Waals surface area contributed by atoms with Crippen molar-refractivity contribution in [2.75, 3.05) is 18.2 Å². The molecule has 0 bridgehead atoms. The molecule has 0 spiro atoms. The van der Waals surface area contributed by atoms with Crippen LogP contribution in [-0.4, -0.2) is 18.0 Å². The number of hydrogen-bond donors (Lipinski definition) is 3. The minimum atomic E-state index is -0.0886. The second-order valence-electron chi connectivity index (χ2n) is 5.04. The zero-order valence-electron chi connectivity index (χ0n) is 12.2. The first-order valence-corrected chi connectivity index (χ1v) is 6.96. The van der Waals surface area contributed by atoms with Gasteiger partial charge in [-0.2, -0.15) is 0 Å². The number of nitrogen functional groups attached to an aromatic ring is 1. The Morgan fingerprint density at radius 3 is 2.86 bits per heavy atom. The maximum atomic E-state index is 12.2. The fourth-order valence-corrected chi connectivity index (χ4v) is 2.47. The number of ether oxygens (including phenoxy) is 1. The first-order valence-electron chi connectivity index (χ1n) is 6.96. The number of carbonyl (C=O) groups is 1. The van der Waals surface area contributed by atoms with Crippen LogP contribution in [0.4, 0.5) is 11.4 Å². The summed E-state index contributed by atoms with van der Waals surface area (Å²) in [5.74, 6) is 0.504. The molecule has 0 saturated heterocycles. The minimum absolute atomic E-state index is 0.0886. The van der Waals surface area contributed by atoms with Gasteiger partial charge in [-0.25, -0.2) is 0 Å². The summed E-state index contributed by atoms with van der Waals surface area (Å²) < 4.78 is 5.10. The summed E-state index contributed by atoms with van der Waals surface area (Å²) in [6.07, 6.45) is 2.17. The van der Waals surface area contributed by atoms with Crippen molar-refractivity contribution < 1.29 is 9.53 Å². The van der Waals surface area contributed by atoms with Gasteiger partial charge in [-0.1, -0.05) is 18.2 Å². The Morgan fingerprint density at radius 2 is 2.09 bits per heavy atom. The topological polar surface area (TPSA) is 80.1 Å². The number of methoxy groups -OCH3 is 1. The molecule has 2 aromatic carbocycles. The Bertz CT molecular complexity index is 824. The lowest BCUT2D eigenvalue weighted by Crippen LogP contribution is -2.14. The van der Waals surface area contributed by atoms with Crippen LogP contribution in [0.25, 0.3) is 10.9 Å². The summed E-state index contributed by atoms with van der Waals surface area (Å²) in [6, 6.07) is 13.1. The van der Waals surface area contributed by atoms with Crippen molar-refractivity contribution in [3.8, 4) is 5.75 Å². The first-order chi connectivity index (χ1) is 10.7. The third-order valence-corrected chi connectivity index (χ3v) is 3.54. The lowest BCUT2D eigenvalue weighted by atomic mass is 10.1. The van der Waals surface area contributed by atoms with Gasteiger partial charge in [0.15, 0.2) is 0 Å². The first kappa shape index (κ1) is 14.0. The van der Waals surface area contributed by atoms with Gasteiger partial charge in [0.05, 0.1) is 19.2 Å². The molecule has 0 fully saturated rings. The largest absolute Gasteiger partial charge is 0.495 e. The molecule has 0 aliphatic heterocycles. The Hall–Kier alpha value is -2.95. The molecule has 3 rings (SSSR count). The third kappa shape index (κ3) is 2.74. The number of nitrogens with two attached hydrogens (primary N) is 1. The highest BCUT2D eigenvalue weighted by molar-refractivity contribution is 5.96. The van der Waals surface area contributed by atoms with Crippen LogP contribution >= 0.6 is 0 Å². The number of fused-ring (bicyclic) bond motifs is 1. The highest BCUT2D eigenvalue weighted by Crippen LogP contribution is 2.25. The van der Waals surface area contributed by atoms with Gasteiger partial charge in [-0.05, 0) is 29.8 Å². The van der Waals surface area contributed by atoms with Crippen LogP contribution in [0.15, 0.2) is 48.7 Å². The molecule has 0 unspecified atom stereocenters. The Morgan fingerprint density at radius 1 is 1.27 bits per heavy atom. The standard InChI is InChI=1S/C17H17N3O2/c1-22-16-7-6-12(9-14(16)18)20-17(21)8-11-10-19-15-5-3-2-4-13(11)15/h2-7,9-10,19H,8,18H2,1H3,(H,20,21). The van der Waals surface area contributed by atoms with Crippen molar-refractivity contribution in [3.05, 3.63) is 54.2 Å². The van der Waals surface area contributed by atoms with Crippen LogP contribution in [0, 0.1) is 0 Å². The fraction of sp³-hybridized carbons (Fsp3) is 0.118. The van der Waals surface area contributed by atoms with Crippen LogP contribution in [-0.2, 0) is 11.2 Å². The molecule has 0 radical (unpaired) electrons. The van der Waals surface area contributed by atoms with Crippen LogP contribution < -0.4 is 15.8 Å². The van der Waals surface area contributed by atoms with Crippen molar-refractivity contribution in [3.63, 3.8) is 0 Å². The van der Waals surface area contributed by atoms with Crippen molar-refractivity contribution >= 4 is 28.2 Å². The molecule has 0 aliphatic carbocycles. The van der Waals surface area contributed by atoms with Crippen molar-refractivity contribution in [2.24, 2.45) is 0 Å². The Labute approximate surface area is 128 Å². The molecule has 4 N–H and O–H groups in total. The summed E-state index contributed by atoms with van der Waals surface area (Å²) in [5.41, 5.74) is 8.98. The van der Waals surface area contributed by atoms with Crippen molar-refractivity contribution in [2.45, 2.75) is 6.42 Å². The molecule has 5 heteroatoms. The number of H-pyrrole nitrogens is 1. The predicted molar refractivity (Wildman–Crippen MR) is 88.0 cm³/mol. The van der Waals surface area contributed by atoms with Gasteiger partial charge < -0.3 is 20.8 Å². The Kier molecular flexibility index (Phi) is 3.70. The van der Waals surface area contributed by atoms with Crippen molar-refractivity contribution in [1.82, 2.24) is 4.98 Å². The maximum Gasteiger partial charge on any atom is 0.228 e. The van der Waals surface area contributed by atoms with Crippen LogP contribution in [0.1, 0.15) is 5.56 Å². The van der Waals surface area contributed by atoms with Crippen molar-refractivity contribution in [1.29, 1.82) is 0 Å². The van der Waals surface area contributed by atoms with Gasteiger partial charge in [-0.3, -0.25) is 4.79 Å². The fourth-order valence-electron chi connectivity index (χ4n) is 2.47. The molecule has 1 amide bonds. The van der Waals surface area contributed by atoms with E-state index in [2.05, 4.69) is 10.3 Å². The summed E-state index contributed by atoms with van der Waals surface area (Å²) in [6.45, 7) is 0. The number of amides is 1. The van der Waals surface area contributed by atoms with Gasteiger partial charge in [0.25, 0.3) is 0 Å². The monoisotopic (exact) mass is 295 g/mol. The van der Waals surface area contributed by atoms with Gasteiger partial charge in [0.2, 0.25) is 5.91 Å². The second kappa shape index (κ2) is 5.81. The predicted octanol–water partition coefficient (Wildman–Crippen LogP) is 2.94. The molecule has 1 heterocycles. The van der Waals surface area contributed by atoms with E-state index in [1.165, 1.54) is 0 Å². The summed E-state index contributed by atoms with van der Waals surface area (Å²) in [4.78, 5) is 15.4. The van der Waals surface area contributed by atoms with E-state index in [0.717, 1.165) is 16.5 Å². The van der Waals surface area contributed by atoms with E-state index < -0.39 is 0 Å². The SMILES string of the molecule is COc1ccc(NC(=O)Cc2c[nH]c3ccccc23)cc1N.